The van der Waals surface area contributed by atoms with Crippen LogP contribution >= 0.6 is 11.3 Å². The van der Waals surface area contributed by atoms with Crippen LogP contribution in [0.15, 0.2) is 16.3 Å². The van der Waals surface area contributed by atoms with Crippen LogP contribution in [-0.2, 0) is 14.8 Å². The van der Waals surface area contributed by atoms with Gasteiger partial charge in [-0.3, -0.25) is 9.59 Å². The number of carboxylic acid groups (broad SMARTS) is 1. The van der Waals surface area contributed by atoms with Crippen LogP contribution < -0.4 is 10.0 Å². The van der Waals surface area contributed by atoms with Gasteiger partial charge in [-0.15, -0.1) is 11.3 Å². The highest BCUT2D eigenvalue weighted by molar-refractivity contribution is 7.89. The van der Waals surface area contributed by atoms with Gasteiger partial charge in [0.15, 0.2) is 0 Å². The van der Waals surface area contributed by atoms with E-state index in [2.05, 4.69) is 10.0 Å². The van der Waals surface area contributed by atoms with Gasteiger partial charge in [0.2, 0.25) is 10.0 Å². The summed E-state index contributed by atoms with van der Waals surface area (Å²) in [6.45, 7) is 3.06. The van der Waals surface area contributed by atoms with Gasteiger partial charge in [0.25, 0.3) is 5.91 Å². The molecule has 0 spiro atoms. The number of carbonyl (C=O) groups is 2. The van der Waals surface area contributed by atoms with Crippen molar-refractivity contribution in [3.8, 4) is 0 Å². The molecule has 7 nitrogen and oxygen atoms in total. The lowest BCUT2D eigenvalue weighted by Gasteiger charge is -2.17. The molecule has 20 heavy (non-hydrogen) atoms. The predicted molar refractivity (Wildman–Crippen MR) is 74.3 cm³/mol. The predicted octanol–water partition coefficient (Wildman–Crippen LogP) is 0.495. The fourth-order valence-electron chi connectivity index (χ4n) is 1.31. The van der Waals surface area contributed by atoms with E-state index in [0.717, 1.165) is 11.3 Å². The molecule has 112 valence electrons. The zero-order chi connectivity index (χ0) is 15.5. The van der Waals surface area contributed by atoms with Crippen LogP contribution in [0.3, 0.4) is 0 Å². The third-order valence-corrected chi connectivity index (χ3v) is 5.35. The maximum Gasteiger partial charge on any atom is 0.308 e. The van der Waals surface area contributed by atoms with Gasteiger partial charge in [-0.05, 0) is 27.0 Å². The van der Waals surface area contributed by atoms with E-state index in [0.29, 0.717) is 0 Å². The Morgan fingerprint density at radius 3 is 2.45 bits per heavy atom. The van der Waals surface area contributed by atoms with Crippen molar-refractivity contribution in [2.75, 3.05) is 7.05 Å². The van der Waals surface area contributed by atoms with E-state index in [9.17, 15) is 18.0 Å². The van der Waals surface area contributed by atoms with E-state index in [-0.39, 0.29) is 9.77 Å². The van der Waals surface area contributed by atoms with Gasteiger partial charge in [0.05, 0.1) is 15.7 Å². The van der Waals surface area contributed by atoms with E-state index < -0.39 is 33.9 Å². The molecule has 9 heteroatoms. The number of thiophene rings is 1. The van der Waals surface area contributed by atoms with Crippen molar-refractivity contribution in [3.05, 3.63) is 16.3 Å². The standard InChI is InChI=1S/C11H16N2O5S2/c1-6(11(15)16)7(2)13-10(14)9-4-8(5-19-9)20(17,18)12-3/h4-7,12H,1-3H3,(H,13,14)(H,15,16). The average molecular weight is 320 g/mol. The number of aliphatic carboxylic acids is 1. The highest BCUT2D eigenvalue weighted by Gasteiger charge is 2.23. The molecule has 0 fully saturated rings. The zero-order valence-corrected chi connectivity index (χ0v) is 12.8. The van der Waals surface area contributed by atoms with Gasteiger partial charge in [0.1, 0.15) is 0 Å². The van der Waals surface area contributed by atoms with E-state index in [1.807, 2.05) is 0 Å². The number of nitrogens with one attached hydrogen (secondary N) is 2. The highest BCUT2D eigenvalue weighted by Crippen LogP contribution is 2.19. The molecule has 0 aliphatic carbocycles. The molecule has 0 bridgehead atoms. The van der Waals surface area contributed by atoms with Gasteiger partial charge in [0, 0.05) is 11.4 Å². The number of carbonyl (C=O) groups excluding carboxylic acids is 1. The van der Waals surface area contributed by atoms with Crippen molar-refractivity contribution in [1.29, 1.82) is 0 Å². The molecular formula is C11H16N2O5S2. The minimum atomic E-state index is -3.58. The first-order valence-electron chi connectivity index (χ1n) is 5.74. The number of hydrogen-bond donors (Lipinski definition) is 3. The summed E-state index contributed by atoms with van der Waals surface area (Å²) in [7, 11) is -2.30. The van der Waals surface area contributed by atoms with Gasteiger partial charge < -0.3 is 10.4 Å². The third kappa shape index (κ3) is 3.78. The molecule has 3 N–H and O–H groups in total. The second-order valence-corrected chi connectivity index (χ2v) is 7.04. The van der Waals surface area contributed by atoms with E-state index in [1.165, 1.54) is 25.4 Å². The Morgan fingerprint density at radius 1 is 1.35 bits per heavy atom. The number of rotatable bonds is 6. The van der Waals surface area contributed by atoms with Gasteiger partial charge >= 0.3 is 5.97 Å². The first-order valence-corrected chi connectivity index (χ1v) is 8.11. The number of amides is 1. The SMILES string of the molecule is CNS(=O)(=O)c1csc(C(=O)NC(C)C(C)C(=O)O)c1. The lowest BCUT2D eigenvalue weighted by molar-refractivity contribution is -0.141. The maximum atomic E-state index is 11.9. The quantitative estimate of drug-likeness (QED) is 0.706. The van der Waals surface area contributed by atoms with Crippen LogP contribution in [0.5, 0.6) is 0 Å². The molecule has 0 aliphatic rings. The Hall–Kier alpha value is -1.45. The van der Waals surface area contributed by atoms with Crippen molar-refractivity contribution < 1.29 is 23.1 Å². The maximum absolute atomic E-state index is 11.9. The van der Waals surface area contributed by atoms with Crippen molar-refractivity contribution in [1.82, 2.24) is 10.0 Å². The summed E-state index contributed by atoms with van der Waals surface area (Å²) < 4.78 is 25.2. The van der Waals surface area contributed by atoms with Gasteiger partial charge in [-0.25, -0.2) is 13.1 Å². The summed E-state index contributed by atoms with van der Waals surface area (Å²) in [6, 6.07) is 0.690. The van der Waals surface area contributed by atoms with Crippen LogP contribution in [0.4, 0.5) is 0 Å². The van der Waals surface area contributed by atoms with Crippen LogP contribution in [-0.4, -0.2) is 38.5 Å². The third-order valence-electron chi connectivity index (χ3n) is 2.88. The molecule has 0 saturated carbocycles. The molecule has 0 radical (unpaired) electrons. The van der Waals surface area contributed by atoms with Crippen molar-refractivity contribution in [2.24, 2.45) is 5.92 Å². The topological polar surface area (TPSA) is 113 Å². The molecule has 0 saturated heterocycles. The normalized spacial score (nSPS) is 14.6. The Morgan fingerprint density at radius 2 is 1.95 bits per heavy atom. The lowest BCUT2D eigenvalue weighted by Crippen LogP contribution is -2.39. The molecule has 0 aromatic carbocycles. The summed E-state index contributed by atoms with van der Waals surface area (Å²) in [4.78, 5) is 22.9. The summed E-state index contributed by atoms with van der Waals surface area (Å²) >= 11 is 0.983. The molecule has 1 amide bonds. The molecular weight excluding hydrogens is 304 g/mol. The van der Waals surface area contributed by atoms with Crippen LogP contribution in [0.25, 0.3) is 0 Å². The lowest BCUT2D eigenvalue weighted by atomic mass is 10.0. The highest BCUT2D eigenvalue weighted by atomic mass is 32.2. The van der Waals surface area contributed by atoms with E-state index >= 15 is 0 Å². The Balaban J connectivity index is 2.82. The molecule has 2 unspecified atom stereocenters. The summed E-state index contributed by atoms with van der Waals surface area (Å²) in [5, 5.41) is 12.7. The van der Waals surface area contributed by atoms with Crippen LogP contribution in [0.2, 0.25) is 0 Å². The van der Waals surface area contributed by atoms with Gasteiger partial charge in [-0.1, -0.05) is 0 Å². The molecule has 0 aliphatic heterocycles. The first-order chi connectivity index (χ1) is 9.19. The number of sulfonamides is 1. The summed E-state index contributed by atoms with van der Waals surface area (Å²) in [6.07, 6.45) is 0. The second-order valence-electron chi connectivity index (χ2n) is 4.24. The summed E-state index contributed by atoms with van der Waals surface area (Å²) in [5.74, 6) is -2.24. The molecule has 1 aromatic rings. The molecule has 1 heterocycles. The van der Waals surface area contributed by atoms with Crippen LogP contribution in [0.1, 0.15) is 23.5 Å². The number of carboxylic acids is 1. The van der Waals surface area contributed by atoms with Crippen molar-refractivity contribution >= 4 is 33.2 Å². The fourth-order valence-corrected chi connectivity index (χ4v) is 3.22. The monoisotopic (exact) mass is 320 g/mol. The molecule has 1 aromatic heterocycles. The van der Waals surface area contributed by atoms with Crippen molar-refractivity contribution in [2.45, 2.75) is 24.8 Å². The van der Waals surface area contributed by atoms with Crippen molar-refractivity contribution in [3.63, 3.8) is 0 Å². The van der Waals surface area contributed by atoms with E-state index in [4.69, 9.17) is 5.11 Å². The second kappa shape index (κ2) is 6.33. The largest absolute Gasteiger partial charge is 0.481 e. The first kappa shape index (κ1) is 16.6. The summed E-state index contributed by atoms with van der Waals surface area (Å²) in [5.41, 5.74) is 0. The molecule has 1 rings (SSSR count). The Labute approximate surface area is 121 Å². The minimum Gasteiger partial charge on any atom is -0.481 e. The van der Waals surface area contributed by atoms with Gasteiger partial charge in [-0.2, -0.15) is 0 Å². The number of hydrogen-bond acceptors (Lipinski definition) is 5. The Bertz CT molecular complexity index is 608. The molecule has 2 atom stereocenters. The van der Waals surface area contributed by atoms with E-state index in [1.54, 1.807) is 6.92 Å². The fraction of sp³-hybridized carbons (Fsp3) is 0.455. The van der Waals surface area contributed by atoms with Crippen LogP contribution in [0, 0.1) is 5.92 Å². The zero-order valence-electron chi connectivity index (χ0n) is 11.2. The smallest absolute Gasteiger partial charge is 0.308 e. The average Bonchev–Trinajstić information content (AvgIpc) is 2.87. The minimum absolute atomic E-state index is 0.00841. The Kier molecular flexibility index (Phi) is 5.26.